The standard InChI is InChI=1S/C15H17N5O2S/c1-9-17-10(8-23-9)7-20-12-3-5-19(13(12)6-14(20)21)15(22)11-2-4-16-18-11/h2,4,8,12-13H,3,5-7H2,1H3,(H,16,18). The highest BCUT2D eigenvalue weighted by atomic mass is 32.1. The lowest BCUT2D eigenvalue weighted by molar-refractivity contribution is -0.129. The predicted molar refractivity (Wildman–Crippen MR) is 83.8 cm³/mol. The molecule has 4 heterocycles. The van der Waals surface area contributed by atoms with Crippen LogP contribution in [-0.4, -0.2) is 55.4 Å². The Hall–Kier alpha value is -2.22. The number of fused-ring (bicyclic) bond motifs is 1. The summed E-state index contributed by atoms with van der Waals surface area (Å²) in [4.78, 5) is 33.1. The fourth-order valence-electron chi connectivity index (χ4n) is 3.57. The van der Waals surface area contributed by atoms with E-state index in [1.807, 2.05) is 22.1 Å². The second kappa shape index (κ2) is 5.45. The Morgan fingerprint density at radius 2 is 2.35 bits per heavy atom. The topological polar surface area (TPSA) is 82.2 Å². The summed E-state index contributed by atoms with van der Waals surface area (Å²) in [5.74, 6) is 0.0296. The van der Waals surface area contributed by atoms with Crippen LogP contribution in [0.25, 0.3) is 0 Å². The molecule has 4 rings (SSSR count). The maximum Gasteiger partial charge on any atom is 0.272 e. The number of nitrogens with one attached hydrogen (secondary N) is 1. The second-order valence-corrected chi connectivity index (χ2v) is 7.04. The zero-order valence-electron chi connectivity index (χ0n) is 12.7. The summed E-state index contributed by atoms with van der Waals surface area (Å²) in [6, 6.07) is 1.72. The second-order valence-electron chi connectivity index (χ2n) is 5.98. The highest BCUT2D eigenvalue weighted by molar-refractivity contribution is 7.09. The average Bonchev–Trinajstić information content (AvgIpc) is 3.27. The van der Waals surface area contributed by atoms with Crippen molar-refractivity contribution in [3.63, 3.8) is 0 Å². The fourth-order valence-corrected chi connectivity index (χ4v) is 4.17. The molecule has 2 amide bonds. The molecule has 2 aliphatic heterocycles. The van der Waals surface area contributed by atoms with Crippen molar-refractivity contribution in [1.82, 2.24) is 25.0 Å². The molecule has 2 saturated heterocycles. The van der Waals surface area contributed by atoms with E-state index in [1.165, 1.54) is 0 Å². The molecule has 23 heavy (non-hydrogen) atoms. The summed E-state index contributed by atoms with van der Waals surface area (Å²) < 4.78 is 0. The number of aryl methyl sites for hydroxylation is 1. The van der Waals surface area contributed by atoms with Crippen molar-refractivity contribution in [2.45, 2.75) is 38.4 Å². The molecule has 2 unspecified atom stereocenters. The number of hydrogen-bond donors (Lipinski definition) is 1. The third kappa shape index (κ3) is 2.42. The minimum absolute atomic E-state index is 0.0435. The summed E-state index contributed by atoms with van der Waals surface area (Å²) >= 11 is 1.59. The predicted octanol–water partition coefficient (Wildman–Crippen LogP) is 1.19. The molecule has 120 valence electrons. The van der Waals surface area contributed by atoms with Crippen LogP contribution in [0, 0.1) is 6.92 Å². The van der Waals surface area contributed by atoms with Gasteiger partial charge in [-0.25, -0.2) is 4.98 Å². The van der Waals surface area contributed by atoms with Crippen molar-refractivity contribution >= 4 is 23.2 Å². The maximum atomic E-state index is 12.5. The number of hydrogen-bond acceptors (Lipinski definition) is 5. The van der Waals surface area contributed by atoms with Gasteiger partial charge in [-0.05, 0) is 19.4 Å². The van der Waals surface area contributed by atoms with Gasteiger partial charge in [-0.15, -0.1) is 11.3 Å². The van der Waals surface area contributed by atoms with E-state index >= 15 is 0 Å². The van der Waals surface area contributed by atoms with Crippen LogP contribution in [0.2, 0.25) is 0 Å². The van der Waals surface area contributed by atoms with Crippen molar-refractivity contribution in [2.75, 3.05) is 6.54 Å². The van der Waals surface area contributed by atoms with Crippen LogP contribution in [0.4, 0.5) is 0 Å². The number of likely N-dealkylation sites (tertiary alicyclic amines) is 2. The Morgan fingerprint density at radius 1 is 1.48 bits per heavy atom. The van der Waals surface area contributed by atoms with Gasteiger partial charge in [0.05, 0.1) is 29.3 Å². The molecule has 2 atom stereocenters. The Morgan fingerprint density at radius 3 is 3.04 bits per heavy atom. The SMILES string of the molecule is Cc1nc(CN2C(=O)CC3C2CCN3C(=O)c2ccn[nH]2)cs1. The van der Waals surface area contributed by atoms with Crippen LogP contribution in [0.5, 0.6) is 0 Å². The van der Waals surface area contributed by atoms with Gasteiger partial charge < -0.3 is 9.80 Å². The van der Waals surface area contributed by atoms with Crippen LogP contribution in [-0.2, 0) is 11.3 Å². The van der Waals surface area contributed by atoms with Crippen molar-refractivity contribution in [1.29, 1.82) is 0 Å². The molecule has 2 aliphatic rings. The van der Waals surface area contributed by atoms with Crippen molar-refractivity contribution in [2.24, 2.45) is 0 Å². The first kappa shape index (κ1) is 14.4. The minimum atomic E-state index is -0.0749. The van der Waals surface area contributed by atoms with Crippen molar-refractivity contribution in [3.8, 4) is 0 Å². The number of H-pyrrole nitrogens is 1. The smallest absolute Gasteiger partial charge is 0.272 e. The number of amides is 2. The fraction of sp³-hybridized carbons (Fsp3) is 0.467. The summed E-state index contributed by atoms with van der Waals surface area (Å²) in [6.07, 6.45) is 2.78. The van der Waals surface area contributed by atoms with Crippen molar-refractivity contribution in [3.05, 3.63) is 34.0 Å². The van der Waals surface area contributed by atoms with E-state index in [1.54, 1.807) is 23.6 Å². The molecule has 2 aromatic heterocycles. The molecular formula is C15H17N5O2S. The number of aromatic amines is 1. The molecule has 0 radical (unpaired) electrons. The first-order valence-corrected chi connectivity index (χ1v) is 8.52. The molecular weight excluding hydrogens is 314 g/mol. The zero-order valence-corrected chi connectivity index (χ0v) is 13.5. The zero-order chi connectivity index (χ0) is 16.0. The Labute approximate surface area is 137 Å². The van der Waals surface area contributed by atoms with Gasteiger partial charge in [0.1, 0.15) is 5.69 Å². The van der Waals surface area contributed by atoms with Gasteiger partial charge in [-0.3, -0.25) is 14.7 Å². The molecule has 0 aliphatic carbocycles. The van der Waals surface area contributed by atoms with Gasteiger partial charge in [-0.1, -0.05) is 0 Å². The number of nitrogens with zero attached hydrogens (tertiary/aromatic N) is 4. The molecule has 2 aromatic rings. The Kier molecular flexibility index (Phi) is 3.41. The van der Waals surface area contributed by atoms with E-state index < -0.39 is 0 Å². The van der Waals surface area contributed by atoms with Crippen LogP contribution in [0.15, 0.2) is 17.6 Å². The van der Waals surface area contributed by atoms with Gasteiger partial charge in [0, 0.05) is 24.5 Å². The molecule has 7 nitrogen and oxygen atoms in total. The van der Waals surface area contributed by atoms with E-state index in [0.717, 1.165) is 17.1 Å². The maximum absolute atomic E-state index is 12.5. The first-order valence-electron chi connectivity index (χ1n) is 7.64. The summed E-state index contributed by atoms with van der Waals surface area (Å²) in [5, 5.41) is 9.55. The summed E-state index contributed by atoms with van der Waals surface area (Å²) in [5.41, 5.74) is 1.41. The molecule has 0 bridgehead atoms. The highest BCUT2D eigenvalue weighted by Crippen LogP contribution is 2.34. The van der Waals surface area contributed by atoms with E-state index in [-0.39, 0.29) is 23.9 Å². The number of carbonyl (C=O) groups is 2. The molecule has 8 heteroatoms. The van der Waals surface area contributed by atoms with Gasteiger partial charge >= 0.3 is 0 Å². The van der Waals surface area contributed by atoms with Crippen molar-refractivity contribution < 1.29 is 9.59 Å². The lowest BCUT2D eigenvalue weighted by atomic mass is 10.1. The lowest BCUT2D eigenvalue weighted by Gasteiger charge is -2.24. The Bertz CT molecular complexity index is 741. The molecule has 0 aromatic carbocycles. The number of rotatable bonds is 3. The molecule has 1 N–H and O–H groups in total. The van der Waals surface area contributed by atoms with E-state index in [9.17, 15) is 9.59 Å². The van der Waals surface area contributed by atoms with E-state index in [2.05, 4.69) is 15.2 Å². The van der Waals surface area contributed by atoms with Gasteiger partial charge in [0.15, 0.2) is 0 Å². The van der Waals surface area contributed by atoms with E-state index in [4.69, 9.17) is 0 Å². The summed E-state index contributed by atoms with van der Waals surface area (Å²) in [7, 11) is 0. The largest absolute Gasteiger partial charge is 0.332 e. The molecule has 0 spiro atoms. The van der Waals surface area contributed by atoms with Gasteiger partial charge in [0.25, 0.3) is 5.91 Å². The van der Waals surface area contributed by atoms with Crippen LogP contribution >= 0.6 is 11.3 Å². The number of carbonyl (C=O) groups excluding carboxylic acids is 2. The number of aromatic nitrogens is 3. The average molecular weight is 331 g/mol. The van der Waals surface area contributed by atoms with Crippen LogP contribution in [0.1, 0.15) is 34.0 Å². The summed E-state index contributed by atoms with van der Waals surface area (Å²) in [6.45, 7) is 3.17. The highest BCUT2D eigenvalue weighted by Gasteiger charge is 2.48. The van der Waals surface area contributed by atoms with E-state index in [0.29, 0.717) is 25.2 Å². The third-order valence-corrected chi connectivity index (χ3v) is 5.43. The van der Waals surface area contributed by atoms with Crippen LogP contribution in [0.3, 0.4) is 0 Å². The Balaban J connectivity index is 1.52. The lowest BCUT2D eigenvalue weighted by Crippen LogP contribution is -2.39. The minimum Gasteiger partial charge on any atom is -0.332 e. The third-order valence-electron chi connectivity index (χ3n) is 4.61. The molecule has 0 saturated carbocycles. The van der Waals surface area contributed by atoms with Gasteiger partial charge in [-0.2, -0.15) is 5.10 Å². The van der Waals surface area contributed by atoms with Gasteiger partial charge in [0.2, 0.25) is 5.91 Å². The normalized spacial score (nSPS) is 23.6. The molecule has 2 fully saturated rings. The first-order chi connectivity index (χ1) is 11.1. The monoisotopic (exact) mass is 331 g/mol. The quantitative estimate of drug-likeness (QED) is 0.916. The van der Waals surface area contributed by atoms with Crippen LogP contribution < -0.4 is 0 Å². The number of thiazole rings is 1.